The second-order valence-corrected chi connectivity index (χ2v) is 13.2. The average molecular weight is 385 g/mol. The lowest BCUT2D eigenvalue weighted by Gasteiger charge is -2.44. The molecule has 1 aliphatic rings. The van der Waals surface area contributed by atoms with Gasteiger partial charge in [-0.1, -0.05) is 88.4 Å². The molecule has 4 heteroatoms. The summed E-state index contributed by atoms with van der Waals surface area (Å²) < 4.78 is 18.3. The number of methoxy groups -OCH3 is 1. The van der Waals surface area contributed by atoms with Crippen molar-refractivity contribution in [3.63, 3.8) is 0 Å². The first-order chi connectivity index (χ1) is 12.8. The fourth-order valence-corrected chi connectivity index (χ4v) is 8.83. The maximum absolute atomic E-state index is 7.05. The van der Waals surface area contributed by atoms with Crippen molar-refractivity contribution in [2.45, 2.75) is 45.4 Å². The first kappa shape index (κ1) is 20.3. The van der Waals surface area contributed by atoms with E-state index in [2.05, 4.69) is 88.4 Å². The maximum atomic E-state index is 7.05. The molecular weight excluding hydrogens is 352 g/mol. The number of benzene rings is 2. The molecule has 0 bridgehead atoms. The normalized spacial score (nSPS) is 23.5. The standard InChI is InChI=1S/C23H32O3Si/c1-22(2,3)27(19-12-8-6-9-13-19,20-14-10-7-11-15-20)26-18-23(4)16-21(24-5)25-17-23/h6-15,21H,16-18H2,1-5H3. The van der Waals surface area contributed by atoms with E-state index in [-0.39, 0.29) is 16.7 Å². The topological polar surface area (TPSA) is 27.7 Å². The number of rotatable bonds is 6. The highest BCUT2D eigenvalue weighted by atomic mass is 28.4. The summed E-state index contributed by atoms with van der Waals surface area (Å²) >= 11 is 0. The Bertz CT molecular complexity index is 687. The molecule has 2 aromatic rings. The Morgan fingerprint density at radius 3 is 1.93 bits per heavy atom. The summed E-state index contributed by atoms with van der Waals surface area (Å²) in [5.74, 6) is 0. The largest absolute Gasteiger partial charge is 0.407 e. The van der Waals surface area contributed by atoms with Crippen LogP contribution in [0.2, 0.25) is 5.04 Å². The van der Waals surface area contributed by atoms with Crippen LogP contribution in [0.5, 0.6) is 0 Å². The van der Waals surface area contributed by atoms with E-state index in [1.54, 1.807) is 7.11 Å². The summed E-state index contributed by atoms with van der Waals surface area (Å²) in [6.45, 7) is 10.5. The Hall–Kier alpha value is -1.46. The van der Waals surface area contributed by atoms with E-state index in [4.69, 9.17) is 13.9 Å². The summed E-state index contributed by atoms with van der Waals surface area (Å²) in [6, 6.07) is 21.6. The van der Waals surface area contributed by atoms with Gasteiger partial charge < -0.3 is 13.9 Å². The fourth-order valence-electron chi connectivity index (χ4n) is 4.11. The van der Waals surface area contributed by atoms with Crippen LogP contribution in [0.25, 0.3) is 0 Å². The second kappa shape index (κ2) is 7.88. The lowest BCUT2D eigenvalue weighted by atomic mass is 9.91. The summed E-state index contributed by atoms with van der Waals surface area (Å²) in [4.78, 5) is 0. The third-order valence-electron chi connectivity index (χ3n) is 5.59. The minimum absolute atomic E-state index is 0.00775. The smallest absolute Gasteiger partial charge is 0.261 e. The van der Waals surface area contributed by atoms with Gasteiger partial charge in [-0.2, -0.15) is 0 Å². The molecule has 3 nitrogen and oxygen atoms in total. The highest BCUT2D eigenvalue weighted by Crippen LogP contribution is 2.40. The third-order valence-corrected chi connectivity index (χ3v) is 10.6. The zero-order valence-corrected chi connectivity index (χ0v) is 18.2. The van der Waals surface area contributed by atoms with E-state index in [0.29, 0.717) is 13.2 Å². The van der Waals surface area contributed by atoms with Crippen LogP contribution in [-0.4, -0.2) is 34.9 Å². The SMILES string of the molecule is COC1CC(C)(CO[Si](c2ccccc2)(c2ccccc2)C(C)(C)C)CO1. The highest BCUT2D eigenvalue weighted by molar-refractivity contribution is 6.99. The van der Waals surface area contributed by atoms with Gasteiger partial charge in [0.05, 0.1) is 6.61 Å². The number of ether oxygens (including phenoxy) is 2. The highest BCUT2D eigenvalue weighted by Gasteiger charge is 2.51. The zero-order valence-electron chi connectivity index (χ0n) is 17.2. The molecule has 27 heavy (non-hydrogen) atoms. The molecule has 1 heterocycles. The molecule has 3 rings (SSSR count). The first-order valence-corrected chi connectivity index (χ1v) is 11.6. The predicted molar refractivity (Wildman–Crippen MR) is 113 cm³/mol. The third kappa shape index (κ3) is 4.04. The zero-order chi connectivity index (χ0) is 19.5. The van der Waals surface area contributed by atoms with Crippen molar-refractivity contribution in [3.05, 3.63) is 60.7 Å². The molecule has 0 amide bonds. The van der Waals surface area contributed by atoms with Crippen molar-refractivity contribution in [2.75, 3.05) is 20.3 Å². The molecule has 1 aliphatic heterocycles. The summed E-state index contributed by atoms with van der Waals surface area (Å²) in [7, 11) is -0.785. The van der Waals surface area contributed by atoms with Crippen LogP contribution < -0.4 is 10.4 Å². The van der Waals surface area contributed by atoms with Crippen molar-refractivity contribution < 1.29 is 13.9 Å². The van der Waals surface area contributed by atoms with Crippen molar-refractivity contribution in [1.82, 2.24) is 0 Å². The van der Waals surface area contributed by atoms with E-state index < -0.39 is 8.32 Å². The van der Waals surface area contributed by atoms with Gasteiger partial charge in [0, 0.05) is 25.6 Å². The van der Waals surface area contributed by atoms with Gasteiger partial charge >= 0.3 is 0 Å². The maximum Gasteiger partial charge on any atom is 0.261 e. The van der Waals surface area contributed by atoms with Crippen LogP contribution in [0.1, 0.15) is 34.1 Å². The van der Waals surface area contributed by atoms with E-state index in [1.165, 1.54) is 10.4 Å². The molecule has 2 atom stereocenters. The van der Waals surface area contributed by atoms with E-state index in [1.807, 2.05) is 0 Å². The molecule has 0 saturated carbocycles. The molecule has 2 aromatic carbocycles. The molecule has 0 aromatic heterocycles. The summed E-state index contributed by atoms with van der Waals surface area (Å²) in [5, 5.41) is 2.62. The molecule has 0 aliphatic carbocycles. The Morgan fingerprint density at radius 1 is 1.00 bits per heavy atom. The Balaban J connectivity index is 2.02. The van der Waals surface area contributed by atoms with E-state index >= 15 is 0 Å². The van der Waals surface area contributed by atoms with Gasteiger partial charge in [-0.25, -0.2) is 0 Å². The van der Waals surface area contributed by atoms with E-state index in [0.717, 1.165) is 6.42 Å². The molecule has 0 radical (unpaired) electrons. The molecule has 1 fully saturated rings. The van der Waals surface area contributed by atoms with Gasteiger partial charge in [0.15, 0.2) is 6.29 Å². The molecule has 2 unspecified atom stereocenters. The van der Waals surface area contributed by atoms with Crippen molar-refractivity contribution >= 4 is 18.7 Å². The quantitative estimate of drug-likeness (QED) is 0.706. The van der Waals surface area contributed by atoms with Crippen molar-refractivity contribution in [2.24, 2.45) is 5.41 Å². The number of hydrogen-bond donors (Lipinski definition) is 0. The van der Waals surface area contributed by atoms with Gasteiger partial charge in [0.2, 0.25) is 0 Å². The van der Waals surface area contributed by atoms with Gasteiger partial charge in [0.1, 0.15) is 0 Å². The average Bonchev–Trinajstić information content (AvgIpc) is 3.05. The monoisotopic (exact) mass is 384 g/mol. The van der Waals surface area contributed by atoms with Crippen LogP contribution >= 0.6 is 0 Å². The van der Waals surface area contributed by atoms with Crippen LogP contribution in [-0.2, 0) is 13.9 Å². The van der Waals surface area contributed by atoms with Crippen LogP contribution in [0, 0.1) is 5.41 Å². The molecule has 146 valence electrons. The minimum Gasteiger partial charge on any atom is -0.407 e. The Morgan fingerprint density at radius 2 is 1.52 bits per heavy atom. The second-order valence-electron chi connectivity index (χ2n) is 8.94. The lowest BCUT2D eigenvalue weighted by molar-refractivity contribution is -0.0883. The van der Waals surface area contributed by atoms with Gasteiger partial charge in [-0.05, 0) is 15.4 Å². The summed E-state index contributed by atoms with van der Waals surface area (Å²) in [6.07, 6.45) is 0.736. The van der Waals surface area contributed by atoms with Crippen molar-refractivity contribution in [3.8, 4) is 0 Å². The van der Waals surface area contributed by atoms with Gasteiger partial charge in [-0.3, -0.25) is 0 Å². The fraction of sp³-hybridized carbons (Fsp3) is 0.478. The minimum atomic E-state index is -2.49. The molecular formula is C23H32O3Si. The lowest BCUT2D eigenvalue weighted by Crippen LogP contribution is -2.67. The number of hydrogen-bond acceptors (Lipinski definition) is 3. The Labute approximate surface area is 164 Å². The first-order valence-electron chi connectivity index (χ1n) is 9.70. The van der Waals surface area contributed by atoms with Gasteiger partial charge in [0.25, 0.3) is 8.32 Å². The predicted octanol–water partition coefficient (Wildman–Crippen LogP) is 3.96. The Kier molecular flexibility index (Phi) is 5.92. The molecule has 0 N–H and O–H groups in total. The molecule has 0 spiro atoms. The van der Waals surface area contributed by atoms with Gasteiger partial charge in [-0.15, -0.1) is 0 Å². The van der Waals surface area contributed by atoms with Crippen LogP contribution in [0.15, 0.2) is 60.7 Å². The van der Waals surface area contributed by atoms with E-state index in [9.17, 15) is 0 Å². The van der Waals surface area contributed by atoms with Crippen molar-refractivity contribution in [1.29, 1.82) is 0 Å². The summed E-state index contributed by atoms with van der Waals surface area (Å²) in [5.41, 5.74) is -0.0340. The van der Waals surface area contributed by atoms with Crippen LogP contribution in [0.4, 0.5) is 0 Å². The van der Waals surface area contributed by atoms with Crippen LogP contribution in [0.3, 0.4) is 0 Å². The molecule has 1 saturated heterocycles.